The van der Waals surface area contributed by atoms with E-state index in [-0.39, 0.29) is 5.92 Å². The van der Waals surface area contributed by atoms with E-state index >= 15 is 0 Å². The lowest BCUT2D eigenvalue weighted by Crippen LogP contribution is -2.46. The SMILES string of the molecule is CC(C)(C)OC(=O)NC(C(=O)O)[C@@H]1CCc2ccc(-c3ccc(CN4CCOCC4)cc3)cc21. The second-order valence-electron chi connectivity index (χ2n) is 10.1. The van der Waals surface area contributed by atoms with Crippen molar-refractivity contribution in [3.63, 3.8) is 0 Å². The van der Waals surface area contributed by atoms with Gasteiger partial charge in [-0.1, -0.05) is 42.5 Å². The minimum absolute atomic E-state index is 0.305. The van der Waals surface area contributed by atoms with Crippen LogP contribution in [0.3, 0.4) is 0 Å². The summed E-state index contributed by atoms with van der Waals surface area (Å²) in [6.07, 6.45) is 0.753. The molecule has 0 radical (unpaired) electrons. The molecule has 0 aromatic heterocycles. The lowest BCUT2D eigenvalue weighted by Gasteiger charge is -2.26. The van der Waals surface area contributed by atoms with Gasteiger partial charge >= 0.3 is 12.1 Å². The van der Waals surface area contributed by atoms with Crippen LogP contribution < -0.4 is 5.32 Å². The number of ether oxygens (including phenoxy) is 2. The molecule has 1 heterocycles. The Bertz CT molecular complexity index is 1020. The highest BCUT2D eigenvalue weighted by Gasteiger charge is 2.36. The zero-order valence-electron chi connectivity index (χ0n) is 20.2. The number of carbonyl (C=O) groups excluding carboxylic acids is 1. The van der Waals surface area contributed by atoms with Crippen molar-refractivity contribution in [2.45, 2.75) is 57.7 Å². The molecule has 7 heteroatoms. The van der Waals surface area contributed by atoms with E-state index in [4.69, 9.17) is 9.47 Å². The van der Waals surface area contributed by atoms with Gasteiger partial charge in [-0.2, -0.15) is 0 Å². The molecule has 34 heavy (non-hydrogen) atoms. The molecule has 0 saturated carbocycles. The van der Waals surface area contributed by atoms with E-state index in [0.29, 0.717) is 6.42 Å². The predicted octanol–water partition coefficient (Wildman–Crippen LogP) is 4.19. The average molecular weight is 467 g/mol. The molecule has 4 rings (SSSR count). The van der Waals surface area contributed by atoms with Crippen LogP contribution in [0.15, 0.2) is 42.5 Å². The molecule has 0 spiro atoms. The molecule has 1 aliphatic heterocycles. The van der Waals surface area contributed by atoms with Crippen LogP contribution in [0.4, 0.5) is 4.79 Å². The number of aryl methyl sites for hydroxylation is 1. The third-order valence-electron chi connectivity index (χ3n) is 6.41. The minimum Gasteiger partial charge on any atom is -0.480 e. The number of carboxylic acid groups (broad SMARTS) is 1. The number of fused-ring (bicyclic) bond motifs is 1. The van der Waals surface area contributed by atoms with E-state index in [1.807, 2.05) is 0 Å². The Balaban J connectivity index is 1.50. The first-order chi connectivity index (χ1) is 16.2. The van der Waals surface area contributed by atoms with Crippen molar-refractivity contribution < 1.29 is 24.2 Å². The van der Waals surface area contributed by atoms with Gasteiger partial charge < -0.3 is 19.9 Å². The maximum Gasteiger partial charge on any atom is 0.408 e. The van der Waals surface area contributed by atoms with Gasteiger partial charge in [0, 0.05) is 25.6 Å². The van der Waals surface area contributed by atoms with Gasteiger partial charge in [0.1, 0.15) is 11.6 Å². The van der Waals surface area contributed by atoms with Crippen molar-refractivity contribution in [2.24, 2.45) is 0 Å². The van der Waals surface area contributed by atoms with Gasteiger partial charge in [-0.15, -0.1) is 0 Å². The molecule has 2 atom stereocenters. The Morgan fingerprint density at radius 2 is 1.79 bits per heavy atom. The van der Waals surface area contributed by atoms with Gasteiger partial charge in [-0.25, -0.2) is 9.59 Å². The first-order valence-corrected chi connectivity index (χ1v) is 11.9. The van der Waals surface area contributed by atoms with Gasteiger partial charge in [0.15, 0.2) is 0 Å². The topological polar surface area (TPSA) is 88.1 Å². The molecule has 182 valence electrons. The first-order valence-electron chi connectivity index (χ1n) is 11.9. The molecule has 1 saturated heterocycles. The molecule has 2 aromatic rings. The number of carbonyl (C=O) groups is 2. The van der Waals surface area contributed by atoms with Crippen LogP contribution in [0.2, 0.25) is 0 Å². The van der Waals surface area contributed by atoms with Gasteiger partial charge in [-0.3, -0.25) is 4.90 Å². The summed E-state index contributed by atoms with van der Waals surface area (Å²) in [7, 11) is 0. The highest BCUT2D eigenvalue weighted by atomic mass is 16.6. The molecule has 1 amide bonds. The zero-order chi connectivity index (χ0) is 24.3. The largest absolute Gasteiger partial charge is 0.480 e. The van der Waals surface area contributed by atoms with E-state index in [9.17, 15) is 14.7 Å². The highest BCUT2D eigenvalue weighted by Crippen LogP contribution is 2.38. The number of hydrogen-bond acceptors (Lipinski definition) is 5. The number of amides is 1. The molecule has 2 aliphatic rings. The van der Waals surface area contributed by atoms with Crippen LogP contribution in [0, 0.1) is 0 Å². The fraction of sp³-hybridized carbons (Fsp3) is 0.481. The molecular formula is C27H34N2O5. The van der Waals surface area contributed by atoms with E-state index in [0.717, 1.165) is 61.5 Å². The number of morpholine rings is 1. The molecule has 0 bridgehead atoms. The first kappa shape index (κ1) is 24.2. The Morgan fingerprint density at radius 1 is 1.12 bits per heavy atom. The van der Waals surface area contributed by atoms with E-state index < -0.39 is 23.7 Å². The zero-order valence-corrected chi connectivity index (χ0v) is 20.2. The van der Waals surface area contributed by atoms with Crippen LogP contribution in [0.5, 0.6) is 0 Å². The van der Waals surface area contributed by atoms with Crippen molar-refractivity contribution in [1.29, 1.82) is 0 Å². The summed E-state index contributed by atoms with van der Waals surface area (Å²) in [5.41, 5.74) is 4.82. The number of alkyl carbamates (subject to hydrolysis) is 1. The van der Waals surface area contributed by atoms with Gasteiger partial charge in [0.2, 0.25) is 0 Å². The number of nitrogens with one attached hydrogen (secondary N) is 1. The van der Waals surface area contributed by atoms with E-state index in [1.54, 1.807) is 20.8 Å². The van der Waals surface area contributed by atoms with Crippen molar-refractivity contribution in [1.82, 2.24) is 10.2 Å². The third-order valence-corrected chi connectivity index (χ3v) is 6.41. The van der Waals surface area contributed by atoms with E-state index in [1.165, 1.54) is 5.56 Å². The second-order valence-corrected chi connectivity index (χ2v) is 10.1. The molecule has 1 aliphatic carbocycles. The van der Waals surface area contributed by atoms with Crippen molar-refractivity contribution in [3.8, 4) is 11.1 Å². The number of benzene rings is 2. The van der Waals surface area contributed by atoms with Crippen LogP contribution in [0.25, 0.3) is 11.1 Å². The molecule has 1 fully saturated rings. The molecule has 2 aromatic carbocycles. The van der Waals surface area contributed by atoms with Crippen molar-refractivity contribution in [2.75, 3.05) is 26.3 Å². The highest BCUT2D eigenvalue weighted by molar-refractivity contribution is 5.81. The number of aliphatic carboxylic acids is 1. The monoisotopic (exact) mass is 466 g/mol. The summed E-state index contributed by atoms with van der Waals surface area (Å²) >= 11 is 0. The second kappa shape index (κ2) is 10.2. The van der Waals surface area contributed by atoms with Crippen molar-refractivity contribution >= 4 is 12.1 Å². The van der Waals surface area contributed by atoms with E-state index in [2.05, 4.69) is 52.7 Å². The van der Waals surface area contributed by atoms with Crippen LogP contribution in [-0.4, -0.2) is 60.0 Å². The number of nitrogens with zero attached hydrogens (tertiary/aromatic N) is 1. The lowest BCUT2D eigenvalue weighted by molar-refractivity contribution is -0.140. The summed E-state index contributed by atoms with van der Waals surface area (Å²) < 4.78 is 10.7. The quantitative estimate of drug-likeness (QED) is 0.664. The molecule has 2 N–H and O–H groups in total. The molecule has 7 nitrogen and oxygen atoms in total. The maximum absolute atomic E-state index is 12.3. The summed E-state index contributed by atoms with van der Waals surface area (Å²) in [6, 6.07) is 13.8. The maximum atomic E-state index is 12.3. The predicted molar refractivity (Wildman–Crippen MR) is 130 cm³/mol. The molecule has 1 unspecified atom stereocenters. The summed E-state index contributed by atoms with van der Waals surface area (Å²) in [6.45, 7) is 9.66. The lowest BCUT2D eigenvalue weighted by atomic mass is 9.90. The number of rotatable bonds is 6. The van der Waals surface area contributed by atoms with Gasteiger partial charge in [0.05, 0.1) is 13.2 Å². The summed E-state index contributed by atoms with van der Waals surface area (Å²) in [5.74, 6) is -1.36. The fourth-order valence-electron chi connectivity index (χ4n) is 4.75. The van der Waals surface area contributed by atoms with Gasteiger partial charge in [0.25, 0.3) is 0 Å². The normalized spacial score (nSPS) is 19.3. The fourth-order valence-corrected chi connectivity index (χ4v) is 4.75. The Kier molecular flexibility index (Phi) is 7.24. The van der Waals surface area contributed by atoms with Crippen LogP contribution in [0.1, 0.15) is 49.8 Å². The third kappa shape index (κ3) is 5.96. The number of hydrogen-bond donors (Lipinski definition) is 2. The standard InChI is InChI=1S/C27H34N2O5/c1-27(2,3)34-26(32)28-24(25(30)31)22-11-10-20-8-9-21(16-23(20)22)19-6-4-18(5-7-19)17-29-12-14-33-15-13-29/h4-9,16,22,24H,10-15,17H2,1-3H3,(H,28,32)(H,30,31)/t22-,24?/m1/s1. The Labute approximate surface area is 201 Å². The van der Waals surface area contributed by atoms with Gasteiger partial charge in [-0.05, 0) is 61.4 Å². The summed E-state index contributed by atoms with van der Waals surface area (Å²) in [4.78, 5) is 26.8. The number of carboxylic acids is 1. The van der Waals surface area contributed by atoms with Crippen LogP contribution in [-0.2, 0) is 27.2 Å². The Hall–Kier alpha value is -2.90. The minimum atomic E-state index is -1.05. The molecular weight excluding hydrogens is 432 g/mol. The smallest absolute Gasteiger partial charge is 0.408 e. The van der Waals surface area contributed by atoms with Crippen molar-refractivity contribution in [3.05, 3.63) is 59.2 Å². The summed E-state index contributed by atoms with van der Waals surface area (Å²) in [5, 5.41) is 12.5. The Morgan fingerprint density at radius 3 is 2.44 bits per heavy atom. The average Bonchev–Trinajstić information content (AvgIpc) is 3.20. The van der Waals surface area contributed by atoms with Crippen LogP contribution >= 0.6 is 0 Å².